The Morgan fingerprint density at radius 2 is 2.10 bits per heavy atom. The highest BCUT2D eigenvalue weighted by Crippen LogP contribution is 2.29. The van der Waals surface area contributed by atoms with Crippen LogP contribution in [0.4, 0.5) is 13.2 Å². The maximum Gasteiger partial charge on any atom is 0.419 e. The average Bonchev–Trinajstić information content (AvgIpc) is 2.98. The van der Waals surface area contributed by atoms with Crippen LogP contribution < -0.4 is 5.32 Å². The zero-order valence-corrected chi connectivity index (χ0v) is 12.4. The molecule has 0 amide bonds. The third-order valence-corrected chi connectivity index (χ3v) is 3.47. The van der Waals surface area contributed by atoms with E-state index in [9.17, 15) is 13.2 Å². The first-order valence-electron chi connectivity index (χ1n) is 7.30. The number of halogens is 3. The summed E-state index contributed by atoms with van der Waals surface area (Å²) in [6, 6.07) is 0. The molecule has 0 spiro atoms. The van der Waals surface area contributed by atoms with E-state index >= 15 is 0 Å². The van der Waals surface area contributed by atoms with Gasteiger partial charge in [-0.15, -0.1) is 0 Å². The Hall–Kier alpha value is -1.08. The third-order valence-electron chi connectivity index (χ3n) is 3.47. The predicted octanol–water partition coefficient (Wildman–Crippen LogP) is 2.70. The van der Waals surface area contributed by atoms with Gasteiger partial charge in [0.2, 0.25) is 0 Å². The van der Waals surface area contributed by atoms with Crippen molar-refractivity contribution in [2.45, 2.75) is 51.6 Å². The lowest BCUT2D eigenvalue weighted by Crippen LogP contribution is -2.30. The zero-order valence-electron chi connectivity index (χ0n) is 12.4. The molecule has 4 nitrogen and oxygen atoms in total. The summed E-state index contributed by atoms with van der Waals surface area (Å²) in [6.45, 7) is 6.39. The number of nitrogens with zero attached hydrogens (tertiary/aromatic N) is 2. The van der Waals surface area contributed by atoms with Crippen LogP contribution in [0.1, 0.15) is 32.3 Å². The van der Waals surface area contributed by atoms with Crippen LogP contribution >= 0.6 is 0 Å². The van der Waals surface area contributed by atoms with E-state index in [4.69, 9.17) is 4.74 Å². The fourth-order valence-electron chi connectivity index (χ4n) is 2.42. The summed E-state index contributed by atoms with van der Waals surface area (Å²) in [5, 5.41) is 7.10. The molecule has 2 atom stereocenters. The van der Waals surface area contributed by atoms with Gasteiger partial charge in [-0.25, -0.2) is 0 Å². The van der Waals surface area contributed by atoms with Gasteiger partial charge in [-0.1, -0.05) is 13.8 Å². The largest absolute Gasteiger partial charge is 0.419 e. The molecule has 2 heterocycles. The number of rotatable bonds is 6. The maximum atomic E-state index is 12.5. The van der Waals surface area contributed by atoms with Crippen molar-refractivity contribution in [1.29, 1.82) is 0 Å². The van der Waals surface area contributed by atoms with Gasteiger partial charge in [0.05, 0.1) is 30.5 Å². The van der Waals surface area contributed by atoms with E-state index in [1.807, 2.05) is 0 Å². The van der Waals surface area contributed by atoms with Crippen molar-refractivity contribution in [2.24, 2.45) is 5.92 Å². The fraction of sp³-hybridized carbons (Fsp3) is 0.786. The number of hydrogen-bond acceptors (Lipinski definition) is 3. The van der Waals surface area contributed by atoms with E-state index in [1.54, 1.807) is 0 Å². The van der Waals surface area contributed by atoms with Crippen LogP contribution in [0.15, 0.2) is 12.4 Å². The molecule has 120 valence electrons. The van der Waals surface area contributed by atoms with Gasteiger partial charge >= 0.3 is 6.18 Å². The molecular formula is C14H22F3N3O. The van der Waals surface area contributed by atoms with Gasteiger partial charge in [0, 0.05) is 12.7 Å². The third kappa shape index (κ3) is 5.00. The van der Waals surface area contributed by atoms with E-state index in [0.717, 1.165) is 38.3 Å². The Labute approximate surface area is 122 Å². The number of alkyl halides is 3. The molecule has 0 aromatic carbocycles. The Kier molecular flexibility index (Phi) is 5.27. The summed E-state index contributed by atoms with van der Waals surface area (Å²) >= 11 is 0. The van der Waals surface area contributed by atoms with Gasteiger partial charge in [-0.3, -0.25) is 4.68 Å². The van der Waals surface area contributed by atoms with Gasteiger partial charge < -0.3 is 10.1 Å². The van der Waals surface area contributed by atoms with Crippen LogP contribution in [0.25, 0.3) is 0 Å². The van der Waals surface area contributed by atoms with E-state index in [2.05, 4.69) is 24.3 Å². The summed E-state index contributed by atoms with van der Waals surface area (Å²) in [5.41, 5.74) is -0.712. The van der Waals surface area contributed by atoms with Crippen molar-refractivity contribution >= 4 is 0 Å². The molecule has 1 aromatic rings. The average molecular weight is 305 g/mol. The summed E-state index contributed by atoms with van der Waals surface area (Å²) in [4.78, 5) is 0. The highest BCUT2D eigenvalue weighted by atomic mass is 19.4. The summed E-state index contributed by atoms with van der Waals surface area (Å²) in [5.74, 6) is 0.590. The summed E-state index contributed by atoms with van der Waals surface area (Å²) in [7, 11) is 0. The fourth-order valence-corrected chi connectivity index (χ4v) is 2.42. The molecule has 21 heavy (non-hydrogen) atoms. The number of ether oxygens (including phenoxy) is 1. The summed E-state index contributed by atoms with van der Waals surface area (Å²) < 4.78 is 44.6. The smallest absolute Gasteiger partial charge is 0.372 e. The predicted molar refractivity (Wildman–Crippen MR) is 72.8 cm³/mol. The second-order valence-electron chi connectivity index (χ2n) is 5.96. The summed E-state index contributed by atoms with van der Waals surface area (Å²) in [6.07, 6.45) is -0.566. The minimum Gasteiger partial charge on any atom is -0.372 e. The quantitative estimate of drug-likeness (QED) is 0.878. The Balaban J connectivity index is 1.76. The number of hydrogen-bond donors (Lipinski definition) is 1. The van der Waals surface area contributed by atoms with Crippen molar-refractivity contribution in [3.63, 3.8) is 0 Å². The Morgan fingerprint density at radius 1 is 1.38 bits per heavy atom. The standard InChI is InChI=1S/C14H22F3N3O/c1-10(2)5-18-7-12-3-4-13(21-12)9-20-8-11(6-19-20)14(15,16)17/h6,8,10,12-13,18H,3-5,7,9H2,1-2H3. The van der Waals surface area contributed by atoms with Gasteiger partial charge in [-0.2, -0.15) is 18.3 Å². The van der Waals surface area contributed by atoms with Crippen molar-refractivity contribution in [2.75, 3.05) is 13.1 Å². The number of nitrogens with one attached hydrogen (secondary N) is 1. The van der Waals surface area contributed by atoms with E-state index in [1.165, 1.54) is 4.68 Å². The second kappa shape index (κ2) is 6.79. The molecule has 0 radical (unpaired) electrons. The van der Waals surface area contributed by atoms with Gasteiger partial charge in [0.1, 0.15) is 0 Å². The van der Waals surface area contributed by atoms with Gasteiger partial charge in [0.25, 0.3) is 0 Å². The van der Waals surface area contributed by atoms with Crippen LogP contribution in [0.3, 0.4) is 0 Å². The highest BCUT2D eigenvalue weighted by Gasteiger charge is 2.33. The van der Waals surface area contributed by atoms with Crippen LogP contribution in [0, 0.1) is 5.92 Å². The molecule has 1 saturated heterocycles. The lowest BCUT2D eigenvalue weighted by atomic mass is 10.2. The van der Waals surface area contributed by atoms with Crippen molar-refractivity contribution < 1.29 is 17.9 Å². The first-order chi connectivity index (χ1) is 9.84. The lowest BCUT2D eigenvalue weighted by Gasteiger charge is -2.15. The van der Waals surface area contributed by atoms with E-state index in [0.29, 0.717) is 12.5 Å². The minimum atomic E-state index is -4.34. The van der Waals surface area contributed by atoms with Crippen LogP contribution in [0.2, 0.25) is 0 Å². The first-order valence-corrected chi connectivity index (χ1v) is 7.30. The molecule has 0 saturated carbocycles. The highest BCUT2D eigenvalue weighted by molar-refractivity contribution is 5.08. The number of aromatic nitrogens is 2. The van der Waals surface area contributed by atoms with Crippen LogP contribution in [-0.2, 0) is 17.5 Å². The molecule has 0 bridgehead atoms. The monoisotopic (exact) mass is 305 g/mol. The molecule has 7 heteroatoms. The van der Waals surface area contributed by atoms with E-state index in [-0.39, 0.29) is 12.2 Å². The molecule has 1 aromatic heterocycles. The maximum absolute atomic E-state index is 12.5. The zero-order chi connectivity index (χ0) is 15.5. The van der Waals surface area contributed by atoms with Crippen LogP contribution in [-0.4, -0.2) is 35.1 Å². The van der Waals surface area contributed by atoms with Crippen LogP contribution in [0.5, 0.6) is 0 Å². The van der Waals surface area contributed by atoms with Gasteiger partial charge in [0.15, 0.2) is 0 Å². The normalized spacial score (nSPS) is 23.1. The molecule has 1 fully saturated rings. The van der Waals surface area contributed by atoms with Crippen molar-refractivity contribution in [1.82, 2.24) is 15.1 Å². The molecule has 0 aliphatic carbocycles. The first kappa shape index (κ1) is 16.3. The molecule has 1 aliphatic rings. The molecule has 2 rings (SSSR count). The Bertz CT molecular complexity index is 445. The molecule has 2 unspecified atom stereocenters. The minimum absolute atomic E-state index is 0.0585. The molecular weight excluding hydrogens is 283 g/mol. The van der Waals surface area contributed by atoms with Crippen molar-refractivity contribution in [3.8, 4) is 0 Å². The van der Waals surface area contributed by atoms with Gasteiger partial charge in [-0.05, 0) is 25.3 Å². The molecule has 1 N–H and O–H groups in total. The topological polar surface area (TPSA) is 39.1 Å². The van der Waals surface area contributed by atoms with E-state index < -0.39 is 11.7 Å². The van der Waals surface area contributed by atoms with Crippen molar-refractivity contribution in [3.05, 3.63) is 18.0 Å². The Morgan fingerprint density at radius 3 is 2.71 bits per heavy atom. The second-order valence-corrected chi connectivity index (χ2v) is 5.96. The SMILES string of the molecule is CC(C)CNCC1CCC(Cn2cc(C(F)(F)F)cn2)O1. The molecule has 1 aliphatic heterocycles. The lowest BCUT2D eigenvalue weighted by molar-refractivity contribution is -0.137.